The summed E-state index contributed by atoms with van der Waals surface area (Å²) in [5.41, 5.74) is 5.14. The van der Waals surface area contributed by atoms with Crippen molar-refractivity contribution in [1.29, 1.82) is 0 Å². The number of ether oxygens (including phenoxy) is 1. The van der Waals surface area contributed by atoms with Crippen molar-refractivity contribution < 1.29 is 9.53 Å². The highest BCUT2D eigenvalue weighted by Crippen LogP contribution is 2.30. The molecule has 4 rings (SSSR count). The lowest BCUT2D eigenvalue weighted by Crippen LogP contribution is -2.32. The van der Waals surface area contributed by atoms with Crippen LogP contribution >= 0.6 is 0 Å². The first-order valence-electron chi connectivity index (χ1n) is 12.2. The van der Waals surface area contributed by atoms with Crippen LogP contribution in [0.1, 0.15) is 49.3 Å². The number of aromatic amines is 1. The van der Waals surface area contributed by atoms with Crippen molar-refractivity contribution in [3.8, 4) is 22.5 Å². The molecule has 0 aliphatic carbocycles. The molecule has 2 aromatic heterocycles. The number of hydrogen-bond acceptors (Lipinski definition) is 7. The minimum absolute atomic E-state index is 0.140. The molecule has 0 aliphatic heterocycles. The predicted octanol–water partition coefficient (Wildman–Crippen LogP) is 3.90. The Bertz CT molecular complexity index is 1380. The lowest BCUT2D eigenvalue weighted by atomic mass is 9.96. The van der Waals surface area contributed by atoms with E-state index in [1.165, 1.54) is 4.57 Å². The fourth-order valence-electron chi connectivity index (χ4n) is 4.23. The molecule has 0 saturated carbocycles. The van der Waals surface area contributed by atoms with Gasteiger partial charge in [-0.25, -0.2) is 10.1 Å². The summed E-state index contributed by atoms with van der Waals surface area (Å²) in [6.07, 6.45) is 3.09. The van der Waals surface area contributed by atoms with Crippen LogP contribution in [0.15, 0.2) is 53.3 Å². The quantitative estimate of drug-likeness (QED) is 0.338. The van der Waals surface area contributed by atoms with Crippen LogP contribution in [0.4, 0.5) is 0 Å². The minimum Gasteiger partial charge on any atom is -0.465 e. The minimum atomic E-state index is -0.443. The SMILES string of the molecule is CCCCc1nc(C)n(CC(=O)OCC)c(=O)c1Cc1ccc(-c2ccccc2-c2nnn[nH]2)cc1. The molecule has 1 N–H and O–H groups in total. The Hall–Kier alpha value is -4.14. The second-order valence-electron chi connectivity index (χ2n) is 8.55. The predicted molar refractivity (Wildman–Crippen MR) is 136 cm³/mol. The Balaban J connectivity index is 1.66. The number of tetrazole rings is 1. The summed E-state index contributed by atoms with van der Waals surface area (Å²) in [6, 6.07) is 16.0. The Morgan fingerprint density at radius 1 is 1.06 bits per heavy atom. The smallest absolute Gasteiger partial charge is 0.326 e. The van der Waals surface area contributed by atoms with E-state index in [2.05, 4.69) is 27.5 Å². The van der Waals surface area contributed by atoms with Gasteiger partial charge < -0.3 is 4.74 Å². The van der Waals surface area contributed by atoms with Crippen LogP contribution in [0.5, 0.6) is 0 Å². The maximum absolute atomic E-state index is 13.5. The van der Waals surface area contributed by atoms with Gasteiger partial charge in [0, 0.05) is 17.5 Å². The Kier molecular flexibility index (Phi) is 7.99. The van der Waals surface area contributed by atoms with Gasteiger partial charge in [-0.2, -0.15) is 0 Å². The van der Waals surface area contributed by atoms with Crippen molar-refractivity contribution in [2.75, 3.05) is 6.61 Å². The van der Waals surface area contributed by atoms with Gasteiger partial charge in [0.05, 0.1) is 12.3 Å². The van der Waals surface area contributed by atoms with Crippen molar-refractivity contribution in [2.45, 2.75) is 53.0 Å². The summed E-state index contributed by atoms with van der Waals surface area (Å²) in [5, 5.41) is 14.2. The number of carbonyl (C=O) groups is 1. The highest BCUT2D eigenvalue weighted by molar-refractivity contribution is 5.80. The van der Waals surface area contributed by atoms with E-state index in [4.69, 9.17) is 9.72 Å². The normalized spacial score (nSPS) is 11.0. The Labute approximate surface area is 209 Å². The van der Waals surface area contributed by atoms with Gasteiger partial charge >= 0.3 is 5.97 Å². The van der Waals surface area contributed by atoms with Crippen LogP contribution in [0.25, 0.3) is 22.5 Å². The second-order valence-corrected chi connectivity index (χ2v) is 8.55. The molecule has 0 spiro atoms. The molecule has 9 heteroatoms. The highest BCUT2D eigenvalue weighted by atomic mass is 16.5. The molecule has 0 atom stereocenters. The number of nitrogens with one attached hydrogen (secondary N) is 1. The van der Waals surface area contributed by atoms with Crippen LogP contribution in [-0.2, 0) is 28.9 Å². The molecule has 186 valence electrons. The molecule has 2 aromatic carbocycles. The number of nitrogens with zero attached hydrogens (tertiary/aromatic N) is 5. The second kappa shape index (κ2) is 11.5. The number of hydrogen-bond donors (Lipinski definition) is 1. The van der Waals surface area contributed by atoms with E-state index in [0.717, 1.165) is 47.2 Å². The number of carbonyl (C=O) groups excluding carboxylic acids is 1. The van der Waals surface area contributed by atoms with Gasteiger partial charge in [0.25, 0.3) is 5.56 Å². The molecule has 0 saturated heterocycles. The fourth-order valence-corrected chi connectivity index (χ4v) is 4.23. The summed E-state index contributed by atoms with van der Waals surface area (Å²) >= 11 is 0. The third kappa shape index (κ3) is 5.56. The summed E-state index contributed by atoms with van der Waals surface area (Å²) in [4.78, 5) is 30.3. The fraction of sp³-hybridized carbons (Fsp3) is 0.333. The molecular weight excluding hydrogens is 456 g/mol. The van der Waals surface area contributed by atoms with E-state index < -0.39 is 5.97 Å². The molecule has 0 unspecified atom stereocenters. The highest BCUT2D eigenvalue weighted by Gasteiger charge is 2.18. The van der Waals surface area contributed by atoms with E-state index in [1.54, 1.807) is 13.8 Å². The van der Waals surface area contributed by atoms with Crippen molar-refractivity contribution in [3.05, 3.63) is 81.5 Å². The molecule has 0 aliphatic rings. The molecule has 36 heavy (non-hydrogen) atoms. The number of esters is 1. The van der Waals surface area contributed by atoms with Crippen LogP contribution < -0.4 is 5.56 Å². The first-order chi connectivity index (χ1) is 17.5. The zero-order valence-corrected chi connectivity index (χ0v) is 20.8. The molecule has 0 bridgehead atoms. The van der Waals surface area contributed by atoms with Crippen LogP contribution in [-0.4, -0.2) is 42.8 Å². The summed E-state index contributed by atoms with van der Waals surface area (Å²) in [7, 11) is 0. The molecule has 0 amide bonds. The third-order valence-corrected chi connectivity index (χ3v) is 6.07. The summed E-state index contributed by atoms with van der Waals surface area (Å²) < 4.78 is 6.48. The zero-order valence-electron chi connectivity index (χ0n) is 20.8. The topological polar surface area (TPSA) is 116 Å². The third-order valence-electron chi connectivity index (χ3n) is 6.07. The molecule has 9 nitrogen and oxygen atoms in total. The molecular formula is C27H30N6O3. The Morgan fingerprint density at radius 3 is 2.47 bits per heavy atom. The van der Waals surface area contributed by atoms with E-state index in [-0.39, 0.29) is 18.7 Å². The van der Waals surface area contributed by atoms with E-state index in [1.807, 2.05) is 48.5 Å². The molecule has 4 aromatic rings. The molecule has 2 heterocycles. The first-order valence-corrected chi connectivity index (χ1v) is 12.2. The monoisotopic (exact) mass is 486 g/mol. The van der Waals surface area contributed by atoms with Crippen LogP contribution in [0.2, 0.25) is 0 Å². The summed E-state index contributed by atoms with van der Waals surface area (Å²) in [6.45, 7) is 5.74. The van der Waals surface area contributed by atoms with Crippen molar-refractivity contribution >= 4 is 5.97 Å². The Morgan fingerprint density at radius 2 is 1.81 bits per heavy atom. The van der Waals surface area contributed by atoms with E-state index in [0.29, 0.717) is 23.6 Å². The average molecular weight is 487 g/mol. The van der Waals surface area contributed by atoms with Crippen molar-refractivity contribution in [3.63, 3.8) is 0 Å². The first kappa shape index (κ1) is 25.0. The number of benzene rings is 2. The van der Waals surface area contributed by atoms with Gasteiger partial charge in [0.15, 0.2) is 5.82 Å². The van der Waals surface area contributed by atoms with Crippen LogP contribution in [0, 0.1) is 6.92 Å². The van der Waals surface area contributed by atoms with E-state index >= 15 is 0 Å². The van der Waals surface area contributed by atoms with Crippen LogP contribution in [0.3, 0.4) is 0 Å². The molecule has 0 fully saturated rings. The van der Waals surface area contributed by atoms with Gasteiger partial charge in [-0.05, 0) is 53.8 Å². The number of aryl methyl sites for hydroxylation is 2. The zero-order chi connectivity index (χ0) is 25.5. The molecule has 0 radical (unpaired) electrons. The van der Waals surface area contributed by atoms with Gasteiger partial charge in [-0.1, -0.05) is 61.9 Å². The van der Waals surface area contributed by atoms with E-state index in [9.17, 15) is 9.59 Å². The standard InChI is InChI=1S/C27H30N6O3/c1-4-6-11-24-23(27(35)33(18(3)28-24)17-25(34)36-5-2)16-19-12-14-20(15-13-19)21-9-7-8-10-22(21)26-29-31-32-30-26/h7-10,12-15H,4-6,11,16-17H2,1-3H3,(H,29,30,31,32). The average Bonchev–Trinajstić information content (AvgIpc) is 3.43. The van der Waals surface area contributed by atoms with Crippen molar-refractivity contribution in [1.82, 2.24) is 30.2 Å². The van der Waals surface area contributed by atoms with Gasteiger partial charge in [0.2, 0.25) is 0 Å². The van der Waals surface area contributed by atoms with Gasteiger partial charge in [0.1, 0.15) is 12.4 Å². The largest absolute Gasteiger partial charge is 0.465 e. The number of unbranched alkanes of at least 4 members (excludes halogenated alkanes) is 1. The maximum atomic E-state index is 13.5. The lowest BCUT2D eigenvalue weighted by molar-refractivity contribution is -0.143. The van der Waals surface area contributed by atoms with Gasteiger partial charge in [-0.3, -0.25) is 14.2 Å². The number of rotatable bonds is 10. The maximum Gasteiger partial charge on any atom is 0.326 e. The van der Waals surface area contributed by atoms with Gasteiger partial charge in [-0.15, -0.1) is 5.10 Å². The van der Waals surface area contributed by atoms with Crippen molar-refractivity contribution in [2.24, 2.45) is 0 Å². The number of aromatic nitrogens is 6. The summed E-state index contributed by atoms with van der Waals surface area (Å²) in [5.74, 6) is 0.682. The number of H-pyrrole nitrogens is 1. The lowest BCUT2D eigenvalue weighted by Gasteiger charge is -2.15.